The standard InChI is InChI=1S/C15H28O4/c1-10-11(5-7-13(10,2)17)15(4)8-6-12(19-15)14(3,18)9-16/h10-12,16-18H,5-9H2,1-4H3/t10-,11+,12-,13+,14?,15+/m0/s1. The highest BCUT2D eigenvalue weighted by Crippen LogP contribution is 2.51. The van der Waals surface area contributed by atoms with Crippen LogP contribution in [-0.2, 0) is 4.74 Å². The van der Waals surface area contributed by atoms with Gasteiger partial charge in [-0.3, -0.25) is 0 Å². The Bertz CT molecular complexity index is 339. The fraction of sp³-hybridized carbons (Fsp3) is 1.00. The van der Waals surface area contributed by atoms with E-state index < -0.39 is 11.2 Å². The number of aliphatic hydroxyl groups is 3. The van der Waals surface area contributed by atoms with Crippen LogP contribution in [0.25, 0.3) is 0 Å². The first-order valence-corrected chi connectivity index (χ1v) is 7.36. The molecule has 6 atom stereocenters. The Morgan fingerprint density at radius 3 is 2.37 bits per heavy atom. The van der Waals surface area contributed by atoms with E-state index in [1.54, 1.807) is 6.92 Å². The van der Waals surface area contributed by atoms with Gasteiger partial charge in [0.1, 0.15) is 5.60 Å². The summed E-state index contributed by atoms with van der Waals surface area (Å²) in [5.74, 6) is 0.498. The van der Waals surface area contributed by atoms with E-state index in [2.05, 4.69) is 13.8 Å². The lowest BCUT2D eigenvalue weighted by Gasteiger charge is -2.38. The van der Waals surface area contributed by atoms with Crippen LogP contribution >= 0.6 is 0 Å². The molecule has 0 spiro atoms. The maximum absolute atomic E-state index is 10.3. The van der Waals surface area contributed by atoms with E-state index in [0.29, 0.717) is 5.92 Å². The van der Waals surface area contributed by atoms with Crippen molar-refractivity contribution in [2.45, 2.75) is 76.3 Å². The zero-order valence-electron chi connectivity index (χ0n) is 12.5. The molecular formula is C15H28O4. The van der Waals surface area contributed by atoms with Gasteiger partial charge in [0.2, 0.25) is 0 Å². The van der Waals surface area contributed by atoms with Crippen LogP contribution in [0.15, 0.2) is 0 Å². The minimum absolute atomic E-state index is 0.190. The second kappa shape index (κ2) is 4.69. The number of rotatable bonds is 3. The monoisotopic (exact) mass is 272 g/mol. The van der Waals surface area contributed by atoms with Gasteiger partial charge in [0.25, 0.3) is 0 Å². The van der Waals surface area contributed by atoms with E-state index in [9.17, 15) is 15.3 Å². The summed E-state index contributed by atoms with van der Waals surface area (Å²) in [6.07, 6.45) is 3.08. The molecule has 1 aliphatic heterocycles. The molecule has 2 rings (SSSR count). The Morgan fingerprint density at radius 1 is 1.26 bits per heavy atom. The highest BCUT2D eigenvalue weighted by atomic mass is 16.5. The molecule has 2 fully saturated rings. The quantitative estimate of drug-likeness (QED) is 0.727. The molecule has 4 nitrogen and oxygen atoms in total. The van der Waals surface area contributed by atoms with Crippen LogP contribution in [0.3, 0.4) is 0 Å². The highest BCUT2D eigenvalue weighted by Gasteiger charge is 2.54. The summed E-state index contributed by atoms with van der Waals surface area (Å²) in [5.41, 5.74) is -2.10. The largest absolute Gasteiger partial charge is 0.393 e. The number of hydrogen-bond acceptors (Lipinski definition) is 4. The van der Waals surface area contributed by atoms with Crippen molar-refractivity contribution >= 4 is 0 Å². The third kappa shape index (κ3) is 2.56. The Morgan fingerprint density at radius 2 is 1.89 bits per heavy atom. The van der Waals surface area contributed by atoms with Crippen LogP contribution in [0, 0.1) is 11.8 Å². The number of ether oxygens (including phenoxy) is 1. The van der Waals surface area contributed by atoms with Crippen LogP contribution in [0.2, 0.25) is 0 Å². The predicted octanol–water partition coefficient (Wildman–Crippen LogP) is 1.46. The highest BCUT2D eigenvalue weighted by molar-refractivity contribution is 5.04. The number of aliphatic hydroxyl groups excluding tert-OH is 1. The van der Waals surface area contributed by atoms with Gasteiger partial charge >= 0.3 is 0 Å². The van der Waals surface area contributed by atoms with Crippen LogP contribution in [0.5, 0.6) is 0 Å². The Kier molecular flexibility index (Phi) is 3.76. The number of hydrogen-bond donors (Lipinski definition) is 3. The molecule has 3 N–H and O–H groups in total. The molecular weight excluding hydrogens is 244 g/mol. The van der Waals surface area contributed by atoms with E-state index in [4.69, 9.17) is 4.74 Å². The first-order chi connectivity index (χ1) is 8.62. The van der Waals surface area contributed by atoms with Crippen LogP contribution in [0.4, 0.5) is 0 Å². The maximum atomic E-state index is 10.3. The Hall–Kier alpha value is -0.160. The lowest BCUT2D eigenvalue weighted by Crippen LogP contribution is -2.46. The summed E-state index contributed by atoms with van der Waals surface area (Å²) in [6.45, 7) is 7.41. The molecule has 0 amide bonds. The zero-order chi connectivity index (χ0) is 14.5. The fourth-order valence-electron chi connectivity index (χ4n) is 3.87. The van der Waals surface area contributed by atoms with Gasteiger partial charge in [-0.1, -0.05) is 6.92 Å². The van der Waals surface area contributed by atoms with E-state index in [1.165, 1.54) is 0 Å². The van der Waals surface area contributed by atoms with Crippen molar-refractivity contribution < 1.29 is 20.1 Å². The van der Waals surface area contributed by atoms with Crippen molar-refractivity contribution in [2.75, 3.05) is 6.61 Å². The third-order valence-corrected chi connectivity index (χ3v) is 5.66. The molecule has 112 valence electrons. The summed E-state index contributed by atoms with van der Waals surface area (Å²) >= 11 is 0. The van der Waals surface area contributed by atoms with Crippen molar-refractivity contribution in [3.05, 3.63) is 0 Å². The topological polar surface area (TPSA) is 69.9 Å². The Labute approximate surface area is 115 Å². The summed E-state index contributed by atoms with van der Waals surface area (Å²) in [6, 6.07) is 0. The van der Waals surface area contributed by atoms with Crippen molar-refractivity contribution in [2.24, 2.45) is 11.8 Å². The van der Waals surface area contributed by atoms with E-state index >= 15 is 0 Å². The molecule has 1 heterocycles. The van der Waals surface area contributed by atoms with Crippen LogP contribution in [-0.4, -0.2) is 44.8 Å². The second-order valence-electron chi connectivity index (χ2n) is 7.26. The van der Waals surface area contributed by atoms with Crippen molar-refractivity contribution in [3.63, 3.8) is 0 Å². The molecule has 0 aromatic carbocycles. The van der Waals surface area contributed by atoms with Crippen LogP contribution < -0.4 is 0 Å². The maximum Gasteiger partial charge on any atom is 0.111 e. The first kappa shape index (κ1) is 15.2. The van der Waals surface area contributed by atoms with E-state index in [1.807, 2.05) is 6.92 Å². The minimum Gasteiger partial charge on any atom is -0.393 e. The second-order valence-corrected chi connectivity index (χ2v) is 7.26. The molecule has 2 aliphatic rings. The smallest absolute Gasteiger partial charge is 0.111 e. The average molecular weight is 272 g/mol. The van der Waals surface area contributed by atoms with Gasteiger partial charge in [-0.15, -0.1) is 0 Å². The van der Waals surface area contributed by atoms with Crippen molar-refractivity contribution in [1.29, 1.82) is 0 Å². The van der Waals surface area contributed by atoms with Gasteiger partial charge in [0.15, 0.2) is 0 Å². The summed E-state index contributed by atoms with van der Waals surface area (Å²) in [5, 5.41) is 29.7. The van der Waals surface area contributed by atoms with Gasteiger partial charge in [0.05, 0.1) is 23.9 Å². The van der Waals surface area contributed by atoms with Gasteiger partial charge in [-0.2, -0.15) is 0 Å². The molecule has 1 saturated carbocycles. The molecule has 0 aromatic heterocycles. The molecule has 0 aromatic rings. The van der Waals surface area contributed by atoms with E-state index in [-0.39, 0.29) is 24.2 Å². The molecule has 4 heteroatoms. The SMILES string of the molecule is C[C@H]1[C@H]([C@@]2(C)CC[C@@H](C(C)(O)CO)O2)CC[C@@]1(C)O. The van der Waals surface area contributed by atoms with Gasteiger partial charge < -0.3 is 20.1 Å². The summed E-state index contributed by atoms with van der Waals surface area (Å²) in [7, 11) is 0. The van der Waals surface area contributed by atoms with E-state index in [0.717, 1.165) is 25.7 Å². The molecule has 19 heavy (non-hydrogen) atoms. The molecule has 1 saturated heterocycles. The molecule has 1 unspecified atom stereocenters. The summed E-state index contributed by atoms with van der Waals surface area (Å²) in [4.78, 5) is 0. The van der Waals surface area contributed by atoms with Crippen molar-refractivity contribution in [3.8, 4) is 0 Å². The third-order valence-electron chi connectivity index (χ3n) is 5.66. The van der Waals surface area contributed by atoms with Gasteiger partial charge in [-0.05, 0) is 58.3 Å². The van der Waals surface area contributed by atoms with Crippen LogP contribution in [0.1, 0.15) is 53.4 Å². The molecule has 1 aliphatic carbocycles. The predicted molar refractivity (Wildman–Crippen MR) is 72.7 cm³/mol. The minimum atomic E-state index is -1.18. The molecule has 0 bridgehead atoms. The van der Waals surface area contributed by atoms with Gasteiger partial charge in [0, 0.05) is 0 Å². The lowest BCUT2D eigenvalue weighted by molar-refractivity contribution is -0.161. The normalized spacial score (nSPS) is 50.4. The first-order valence-electron chi connectivity index (χ1n) is 7.36. The zero-order valence-corrected chi connectivity index (χ0v) is 12.5. The van der Waals surface area contributed by atoms with Crippen molar-refractivity contribution in [1.82, 2.24) is 0 Å². The fourth-order valence-corrected chi connectivity index (χ4v) is 3.87. The lowest BCUT2D eigenvalue weighted by atomic mass is 9.77. The average Bonchev–Trinajstić information content (AvgIpc) is 2.84. The molecule has 0 radical (unpaired) electrons. The Balaban J connectivity index is 2.10. The van der Waals surface area contributed by atoms with Gasteiger partial charge in [-0.25, -0.2) is 0 Å². The summed E-state index contributed by atoms with van der Waals surface area (Å²) < 4.78 is 6.13.